The van der Waals surface area contributed by atoms with Gasteiger partial charge in [0, 0.05) is 12.7 Å². The topological polar surface area (TPSA) is 50.9 Å². The summed E-state index contributed by atoms with van der Waals surface area (Å²) < 4.78 is 0. The highest BCUT2D eigenvalue weighted by atomic mass is 32.1. The molecule has 0 amide bonds. The molecule has 0 atom stereocenters. The second-order valence-electron chi connectivity index (χ2n) is 5.49. The average Bonchev–Trinajstić information content (AvgIpc) is 2.38. The molecule has 1 saturated carbocycles. The van der Waals surface area contributed by atoms with E-state index in [2.05, 4.69) is 17.2 Å². The van der Waals surface area contributed by atoms with Gasteiger partial charge in [0.1, 0.15) is 10.8 Å². The van der Waals surface area contributed by atoms with Crippen LogP contribution in [-0.2, 0) is 0 Å². The van der Waals surface area contributed by atoms with E-state index in [4.69, 9.17) is 18.0 Å². The van der Waals surface area contributed by atoms with Crippen LogP contribution in [0.25, 0.3) is 0 Å². The van der Waals surface area contributed by atoms with Crippen molar-refractivity contribution in [1.29, 1.82) is 0 Å². The van der Waals surface area contributed by atoms with Gasteiger partial charge in [-0.3, -0.25) is 0 Å². The quantitative estimate of drug-likeness (QED) is 0.820. The number of rotatable bonds is 4. The fourth-order valence-electron chi connectivity index (χ4n) is 2.62. The first-order valence-corrected chi connectivity index (χ1v) is 7.00. The Morgan fingerprint density at radius 2 is 2.17 bits per heavy atom. The number of anilines is 1. The van der Waals surface area contributed by atoms with E-state index in [0.29, 0.717) is 10.4 Å². The number of nitrogens with one attached hydrogen (secondary N) is 1. The monoisotopic (exact) mass is 263 g/mol. The number of pyridine rings is 1. The lowest BCUT2D eigenvalue weighted by molar-refractivity contribution is 0.233. The van der Waals surface area contributed by atoms with Crippen LogP contribution in [-0.4, -0.2) is 16.5 Å². The Hall–Kier alpha value is -1.16. The molecule has 18 heavy (non-hydrogen) atoms. The first-order valence-electron chi connectivity index (χ1n) is 6.59. The van der Waals surface area contributed by atoms with E-state index in [-0.39, 0.29) is 0 Å². The summed E-state index contributed by atoms with van der Waals surface area (Å²) in [5, 5.41) is 3.43. The molecule has 4 heteroatoms. The zero-order chi connectivity index (χ0) is 13.0. The van der Waals surface area contributed by atoms with Gasteiger partial charge in [-0.1, -0.05) is 38.4 Å². The van der Waals surface area contributed by atoms with Crippen LogP contribution in [0, 0.1) is 5.41 Å². The predicted octanol–water partition coefficient (Wildman–Crippen LogP) is 3.10. The molecule has 1 heterocycles. The van der Waals surface area contributed by atoms with Crippen LogP contribution in [0.1, 0.15) is 44.6 Å². The van der Waals surface area contributed by atoms with E-state index in [1.807, 2.05) is 12.1 Å². The van der Waals surface area contributed by atoms with Crippen molar-refractivity contribution in [2.75, 3.05) is 11.9 Å². The normalized spacial score (nSPS) is 18.3. The molecule has 0 bridgehead atoms. The molecule has 0 aliphatic heterocycles. The Labute approximate surface area is 114 Å². The molecular weight excluding hydrogens is 242 g/mol. The Bertz CT molecular complexity index is 425. The average molecular weight is 263 g/mol. The van der Waals surface area contributed by atoms with E-state index in [9.17, 15) is 0 Å². The first kappa shape index (κ1) is 13.3. The first-order chi connectivity index (χ1) is 8.61. The fourth-order valence-corrected chi connectivity index (χ4v) is 2.79. The lowest BCUT2D eigenvalue weighted by Crippen LogP contribution is -2.29. The third-order valence-corrected chi connectivity index (χ3v) is 4.04. The van der Waals surface area contributed by atoms with E-state index in [0.717, 1.165) is 17.9 Å². The number of thiocarbonyl (C=S) groups is 1. The molecule has 0 radical (unpaired) electrons. The minimum atomic E-state index is 0.378. The van der Waals surface area contributed by atoms with E-state index in [1.165, 1.54) is 32.1 Å². The van der Waals surface area contributed by atoms with Crippen molar-refractivity contribution >= 4 is 23.0 Å². The van der Waals surface area contributed by atoms with E-state index in [1.54, 1.807) is 6.20 Å². The Morgan fingerprint density at radius 3 is 2.83 bits per heavy atom. The van der Waals surface area contributed by atoms with E-state index < -0.39 is 0 Å². The number of nitrogens with two attached hydrogens (primary N) is 1. The number of nitrogens with zero attached hydrogens (tertiary/aromatic N) is 1. The van der Waals surface area contributed by atoms with Crippen LogP contribution < -0.4 is 11.1 Å². The number of hydrogen-bond donors (Lipinski definition) is 2. The zero-order valence-corrected chi connectivity index (χ0v) is 11.7. The molecule has 3 N–H and O–H groups in total. The van der Waals surface area contributed by atoms with Crippen molar-refractivity contribution < 1.29 is 0 Å². The van der Waals surface area contributed by atoms with Crippen LogP contribution in [0.2, 0.25) is 0 Å². The van der Waals surface area contributed by atoms with E-state index >= 15 is 0 Å². The maximum Gasteiger partial charge on any atom is 0.136 e. The third kappa shape index (κ3) is 3.19. The highest BCUT2D eigenvalue weighted by molar-refractivity contribution is 7.80. The van der Waals surface area contributed by atoms with Gasteiger partial charge in [-0.25, -0.2) is 4.98 Å². The zero-order valence-electron chi connectivity index (χ0n) is 10.9. The molecule has 1 aromatic rings. The van der Waals surface area contributed by atoms with Gasteiger partial charge in [0.2, 0.25) is 0 Å². The summed E-state index contributed by atoms with van der Waals surface area (Å²) in [7, 11) is 0. The van der Waals surface area contributed by atoms with Crippen LogP contribution in [0.15, 0.2) is 18.3 Å². The molecule has 1 aliphatic carbocycles. The van der Waals surface area contributed by atoms with Gasteiger partial charge < -0.3 is 11.1 Å². The molecular formula is C14H21N3S. The van der Waals surface area contributed by atoms with Gasteiger partial charge in [-0.2, -0.15) is 0 Å². The lowest BCUT2D eigenvalue weighted by atomic mass is 9.76. The standard InChI is InChI=1S/C14H21N3S/c1-14(7-3-2-4-8-14)10-17-13-11(12(15)18)6-5-9-16-13/h5-6,9H,2-4,7-8,10H2,1H3,(H2,15,18)(H,16,17). The molecule has 0 spiro atoms. The van der Waals surface area contributed by atoms with Crippen LogP contribution in [0.5, 0.6) is 0 Å². The summed E-state index contributed by atoms with van der Waals surface area (Å²) in [5.41, 5.74) is 6.93. The van der Waals surface area contributed by atoms with Crippen molar-refractivity contribution in [3.63, 3.8) is 0 Å². The Morgan fingerprint density at radius 1 is 1.44 bits per heavy atom. The number of hydrogen-bond acceptors (Lipinski definition) is 3. The SMILES string of the molecule is CC1(CNc2ncccc2C(N)=S)CCCCC1. The van der Waals surface area contributed by atoms with Gasteiger partial charge in [0.05, 0.1) is 5.56 Å². The highest BCUT2D eigenvalue weighted by Gasteiger charge is 2.26. The molecule has 0 unspecified atom stereocenters. The molecule has 3 nitrogen and oxygen atoms in total. The van der Waals surface area contributed by atoms with Gasteiger partial charge in [-0.15, -0.1) is 0 Å². The summed E-state index contributed by atoms with van der Waals surface area (Å²) in [4.78, 5) is 4.74. The summed E-state index contributed by atoms with van der Waals surface area (Å²) in [6.45, 7) is 3.29. The Balaban J connectivity index is 2.03. The van der Waals surface area contributed by atoms with Crippen LogP contribution >= 0.6 is 12.2 Å². The second kappa shape index (κ2) is 5.65. The molecule has 0 saturated heterocycles. The fraction of sp³-hybridized carbons (Fsp3) is 0.571. The molecule has 1 aromatic heterocycles. The lowest BCUT2D eigenvalue weighted by Gasteiger charge is -2.34. The molecule has 98 valence electrons. The maximum absolute atomic E-state index is 5.71. The van der Waals surface area contributed by atoms with Crippen LogP contribution in [0.3, 0.4) is 0 Å². The minimum absolute atomic E-state index is 0.378. The van der Waals surface area contributed by atoms with Crippen molar-refractivity contribution in [3.05, 3.63) is 23.9 Å². The summed E-state index contributed by atoms with van der Waals surface area (Å²) >= 11 is 5.05. The third-order valence-electron chi connectivity index (χ3n) is 3.82. The molecule has 1 fully saturated rings. The smallest absolute Gasteiger partial charge is 0.136 e. The van der Waals surface area contributed by atoms with Gasteiger partial charge in [-0.05, 0) is 30.4 Å². The molecule has 2 rings (SSSR count). The summed E-state index contributed by atoms with van der Waals surface area (Å²) in [6.07, 6.45) is 8.39. The Kier molecular flexibility index (Phi) is 4.17. The summed E-state index contributed by atoms with van der Waals surface area (Å²) in [6, 6.07) is 3.78. The predicted molar refractivity (Wildman–Crippen MR) is 79.8 cm³/mol. The largest absolute Gasteiger partial charge is 0.389 e. The number of aromatic nitrogens is 1. The van der Waals surface area contributed by atoms with Crippen LogP contribution in [0.4, 0.5) is 5.82 Å². The molecule has 0 aromatic carbocycles. The van der Waals surface area contributed by atoms with Crippen molar-refractivity contribution in [3.8, 4) is 0 Å². The van der Waals surface area contributed by atoms with Gasteiger partial charge in [0.25, 0.3) is 0 Å². The summed E-state index contributed by atoms with van der Waals surface area (Å²) in [5.74, 6) is 0.816. The maximum atomic E-state index is 5.71. The molecule has 1 aliphatic rings. The second-order valence-corrected chi connectivity index (χ2v) is 5.93. The highest BCUT2D eigenvalue weighted by Crippen LogP contribution is 2.35. The van der Waals surface area contributed by atoms with Crippen molar-refractivity contribution in [2.45, 2.75) is 39.0 Å². The minimum Gasteiger partial charge on any atom is -0.389 e. The van der Waals surface area contributed by atoms with Crippen molar-refractivity contribution in [1.82, 2.24) is 4.98 Å². The van der Waals surface area contributed by atoms with Gasteiger partial charge in [0.15, 0.2) is 0 Å². The van der Waals surface area contributed by atoms with Gasteiger partial charge >= 0.3 is 0 Å². The van der Waals surface area contributed by atoms with Crippen molar-refractivity contribution in [2.24, 2.45) is 11.1 Å².